The van der Waals surface area contributed by atoms with Crippen molar-refractivity contribution in [2.75, 3.05) is 25.4 Å². The van der Waals surface area contributed by atoms with Crippen molar-refractivity contribution in [2.24, 2.45) is 10.9 Å². The minimum Gasteiger partial charge on any atom is -0.393 e. The minimum atomic E-state index is -2.69. The number of rotatable bonds is 5. The van der Waals surface area contributed by atoms with Crippen LogP contribution >= 0.6 is 0 Å². The van der Waals surface area contributed by atoms with Gasteiger partial charge in [0.25, 0.3) is 11.8 Å². The predicted molar refractivity (Wildman–Crippen MR) is 132 cm³/mol. The summed E-state index contributed by atoms with van der Waals surface area (Å²) in [5.74, 6) is -2.53. The monoisotopic (exact) mass is 482 g/mol. The molecule has 1 aliphatic heterocycles. The zero-order valence-corrected chi connectivity index (χ0v) is 20.0. The Balaban J connectivity index is 1.34. The number of hydrogen-bond acceptors (Lipinski definition) is 5. The highest BCUT2D eigenvalue weighted by Gasteiger charge is 2.54. The lowest BCUT2D eigenvalue weighted by molar-refractivity contribution is -0.00972. The number of aliphatic hydroxyl groups excluding tert-OH is 1. The minimum absolute atomic E-state index is 0.0477. The number of amides is 1. The number of fused-ring (bicyclic) bond motifs is 1. The Morgan fingerprint density at radius 3 is 2.57 bits per heavy atom. The second kappa shape index (κ2) is 9.06. The van der Waals surface area contributed by atoms with Crippen LogP contribution in [0.2, 0.25) is 0 Å². The summed E-state index contributed by atoms with van der Waals surface area (Å²) in [5.41, 5.74) is 9.88. The van der Waals surface area contributed by atoms with Gasteiger partial charge in [0.15, 0.2) is 0 Å². The maximum Gasteiger partial charge on any atom is 0.280 e. The number of nitrogens with zero attached hydrogens (tertiary/aromatic N) is 3. The van der Waals surface area contributed by atoms with Gasteiger partial charge >= 0.3 is 0 Å². The number of carbonyl (C=O) groups excluding carboxylic acids is 1. The molecule has 35 heavy (non-hydrogen) atoms. The number of anilines is 1. The number of pyridine rings is 1. The third-order valence-electron chi connectivity index (χ3n) is 7.94. The molecule has 0 bridgehead atoms. The number of aliphatic imine (C=N–C) groups is 1. The molecule has 0 spiro atoms. The van der Waals surface area contributed by atoms with Crippen molar-refractivity contribution in [1.82, 2.24) is 9.88 Å². The number of aliphatic hydroxyl groups is 1. The van der Waals surface area contributed by atoms with Gasteiger partial charge in [-0.15, -0.1) is 0 Å². The van der Waals surface area contributed by atoms with Crippen molar-refractivity contribution in [3.8, 4) is 11.1 Å². The molecule has 5 rings (SSSR count). The van der Waals surface area contributed by atoms with Crippen LogP contribution in [0.5, 0.6) is 0 Å². The van der Waals surface area contributed by atoms with E-state index in [-0.39, 0.29) is 29.4 Å². The molecule has 3 N–H and O–H groups in total. The van der Waals surface area contributed by atoms with Gasteiger partial charge in [-0.2, -0.15) is 0 Å². The highest BCUT2D eigenvalue weighted by atomic mass is 19.3. The molecule has 1 amide bonds. The fourth-order valence-corrected chi connectivity index (χ4v) is 5.98. The van der Waals surface area contributed by atoms with Crippen LogP contribution in [-0.4, -0.2) is 58.3 Å². The highest BCUT2D eigenvalue weighted by Crippen LogP contribution is 2.54. The Bertz CT molecular complexity index is 1130. The molecule has 2 aliphatic carbocycles. The molecule has 2 heterocycles. The van der Waals surface area contributed by atoms with Crippen LogP contribution in [-0.2, 0) is 5.41 Å². The van der Waals surface area contributed by atoms with Crippen LogP contribution in [0, 0.1) is 5.92 Å². The number of aromatic nitrogens is 1. The van der Waals surface area contributed by atoms with Gasteiger partial charge in [0.2, 0.25) is 0 Å². The lowest BCUT2D eigenvalue weighted by Crippen LogP contribution is -2.44. The smallest absolute Gasteiger partial charge is 0.280 e. The fourth-order valence-electron chi connectivity index (χ4n) is 5.98. The second-order valence-corrected chi connectivity index (χ2v) is 10.6. The van der Waals surface area contributed by atoms with E-state index in [0.717, 1.165) is 43.1 Å². The van der Waals surface area contributed by atoms with Gasteiger partial charge in [-0.05, 0) is 61.6 Å². The largest absolute Gasteiger partial charge is 0.393 e. The highest BCUT2D eigenvalue weighted by molar-refractivity contribution is 6.07. The quantitative estimate of drug-likeness (QED) is 0.656. The van der Waals surface area contributed by atoms with E-state index in [4.69, 9.17) is 5.73 Å². The van der Waals surface area contributed by atoms with Crippen LogP contribution in [0.15, 0.2) is 41.5 Å². The first-order valence-corrected chi connectivity index (χ1v) is 12.4. The molecule has 3 fully saturated rings. The average Bonchev–Trinajstić information content (AvgIpc) is 3.04. The van der Waals surface area contributed by atoms with E-state index in [1.807, 2.05) is 17.0 Å². The zero-order chi connectivity index (χ0) is 24.8. The Morgan fingerprint density at radius 1 is 1.23 bits per heavy atom. The summed E-state index contributed by atoms with van der Waals surface area (Å²) in [7, 11) is 0. The van der Waals surface area contributed by atoms with Gasteiger partial charge in [-0.3, -0.25) is 9.69 Å². The van der Waals surface area contributed by atoms with Crippen LogP contribution < -0.4 is 5.73 Å². The molecule has 0 unspecified atom stereocenters. The van der Waals surface area contributed by atoms with E-state index in [9.17, 15) is 18.7 Å². The van der Waals surface area contributed by atoms with Crippen molar-refractivity contribution in [2.45, 2.75) is 62.9 Å². The summed E-state index contributed by atoms with van der Waals surface area (Å²) >= 11 is 0. The molecule has 2 saturated carbocycles. The fraction of sp³-hybridized carbons (Fsp3) is 0.519. The zero-order valence-electron chi connectivity index (χ0n) is 20.0. The van der Waals surface area contributed by atoms with Crippen LogP contribution in [0.25, 0.3) is 11.1 Å². The topological polar surface area (TPSA) is 91.8 Å². The Kier molecular flexibility index (Phi) is 6.21. The number of likely N-dealkylation sites (tertiary alicyclic amines) is 1. The molecular weight excluding hydrogens is 450 g/mol. The number of hydrogen-bond donors (Lipinski definition) is 2. The number of alkyl halides is 2. The number of nitrogen functional groups attached to an aromatic ring is 1. The lowest BCUT2D eigenvalue weighted by Gasteiger charge is -2.45. The van der Waals surface area contributed by atoms with Crippen molar-refractivity contribution >= 4 is 17.4 Å². The SMILES string of the molecule is CC(F)(F)CN1C[C@H]2CC[C@@]2(c2ccc(-c3cnc(N)c(C(=O)N=C4CCC(O)CC4)c3)cc2)C1. The third kappa shape index (κ3) is 4.86. The van der Waals surface area contributed by atoms with Gasteiger partial charge in [-0.25, -0.2) is 18.8 Å². The summed E-state index contributed by atoms with van der Waals surface area (Å²) in [6.07, 6.45) is 5.87. The van der Waals surface area contributed by atoms with Gasteiger partial charge < -0.3 is 10.8 Å². The molecule has 1 aromatic heterocycles. The van der Waals surface area contributed by atoms with Crippen molar-refractivity contribution in [3.63, 3.8) is 0 Å². The van der Waals surface area contributed by atoms with E-state index in [2.05, 4.69) is 22.1 Å². The number of nitrogens with two attached hydrogens (primary N) is 1. The second-order valence-electron chi connectivity index (χ2n) is 10.6. The van der Waals surface area contributed by atoms with Gasteiger partial charge in [0.05, 0.1) is 18.2 Å². The number of benzene rings is 1. The molecule has 6 nitrogen and oxygen atoms in total. The Labute approximate surface area is 204 Å². The maximum absolute atomic E-state index is 13.6. The molecule has 3 aliphatic rings. The number of carbonyl (C=O) groups is 1. The van der Waals surface area contributed by atoms with Crippen LogP contribution in [0.1, 0.15) is 61.4 Å². The first-order chi connectivity index (χ1) is 16.6. The first-order valence-electron chi connectivity index (χ1n) is 12.4. The van der Waals surface area contributed by atoms with E-state index in [1.54, 1.807) is 12.3 Å². The average molecular weight is 483 g/mol. The van der Waals surface area contributed by atoms with E-state index in [0.29, 0.717) is 38.1 Å². The molecule has 2 atom stereocenters. The molecule has 186 valence electrons. The van der Waals surface area contributed by atoms with E-state index < -0.39 is 11.8 Å². The summed E-state index contributed by atoms with van der Waals surface area (Å²) < 4.78 is 27.2. The summed E-state index contributed by atoms with van der Waals surface area (Å²) in [5, 5.41) is 9.66. The molecular formula is C27H32F2N4O2. The molecule has 1 aromatic carbocycles. The summed E-state index contributed by atoms with van der Waals surface area (Å²) in [4.78, 5) is 23.2. The lowest BCUT2D eigenvalue weighted by atomic mass is 9.58. The third-order valence-corrected chi connectivity index (χ3v) is 7.94. The van der Waals surface area contributed by atoms with Gasteiger partial charge in [0, 0.05) is 42.9 Å². The van der Waals surface area contributed by atoms with Crippen molar-refractivity contribution < 1.29 is 18.7 Å². The van der Waals surface area contributed by atoms with Gasteiger partial charge in [0.1, 0.15) is 5.82 Å². The molecule has 0 radical (unpaired) electrons. The molecule has 1 saturated heterocycles. The number of halogens is 2. The predicted octanol–water partition coefficient (Wildman–Crippen LogP) is 4.47. The molecule has 8 heteroatoms. The van der Waals surface area contributed by atoms with Crippen molar-refractivity contribution in [1.29, 1.82) is 0 Å². The van der Waals surface area contributed by atoms with Crippen LogP contribution in [0.3, 0.4) is 0 Å². The van der Waals surface area contributed by atoms with E-state index >= 15 is 0 Å². The van der Waals surface area contributed by atoms with Crippen molar-refractivity contribution in [3.05, 3.63) is 47.7 Å². The Morgan fingerprint density at radius 2 is 1.94 bits per heavy atom. The standard InChI is InChI=1S/C27H32F2N4O2/c1-26(28,29)15-33-14-20-10-11-27(20,16-33)19-4-2-17(3-5-19)18-12-23(24(30)31-13-18)25(35)32-21-6-8-22(34)9-7-21/h2-5,12-13,20,22,34H,6-11,14-16H2,1H3,(H2,30,31)/t20-,22?,27+/m1/s1. The Hall–Kier alpha value is -2.71. The van der Waals surface area contributed by atoms with Crippen LogP contribution in [0.4, 0.5) is 14.6 Å². The summed E-state index contributed by atoms with van der Waals surface area (Å²) in [6.45, 7) is 2.18. The first kappa shape index (κ1) is 24.0. The van der Waals surface area contributed by atoms with Gasteiger partial charge in [-0.1, -0.05) is 24.3 Å². The molecule has 2 aromatic rings. The normalized spacial score (nSPS) is 26.8. The van der Waals surface area contributed by atoms with E-state index in [1.165, 1.54) is 5.56 Å². The summed E-state index contributed by atoms with van der Waals surface area (Å²) in [6, 6.07) is 9.91. The maximum atomic E-state index is 13.6.